The largest absolute Gasteiger partial charge is 0.351 e. The molecule has 0 unspecified atom stereocenters. The molecular formula is C14H21BrCl2N2O. The maximum Gasteiger partial charge on any atom is 0.227 e. The zero-order valence-corrected chi connectivity index (χ0v) is 14.9. The van der Waals surface area contributed by atoms with Gasteiger partial charge in [0.05, 0.1) is 5.41 Å². The van der Waals surface area contributed by atoms with Crippen LogP contribution in [-0.4, -0.2) is 12.5 Å². The summed E-state index contributed by atoms with van der Waals surface area (Å²) in [7, 11) is 0. The van der Waals surface area contributed by atoms with E-state index < -0.39 is 5.41 Å². The smallest absolute Gasteiger partial charge is 0.227 e. The first-order chi connectivity index (χ1) is 8.99. The molecule has 20 heavy (non-hydrogen) atoms. The maximum atomic E-state index is 12.3. The van der Waals surface area contributed by atoms with Crippen molar-refractivity contribution in [2.75, 3.05) is 6.54 Å². The highest BCUT2D eigenvalue weighted by molar-refractivity contribution is 9.10. The van der Waals surface area contributed by atoms with Crippen molar-refractivity contribution in [3.05, 3.63) is 33.3 Å². The number of nitrogens with two attached hydrogens (primary N) is 1. The molecule has 0 bridgehead atoms. The van der Waals surface area contributed by atoms with E-state index in [1.54, 1.807) is 0 Å². The third kappa shape index (κ3) is 4.62. The van der Waals surface area contributed by atoms with Gasteiger partial charge in [0.1, 0.15) is 0 Å². The molecule has 0 saturated heterocycles. The normalized spacial score (nSPS) is 10.8. The molecule has 1 amide bonds. The van der Waals surface area contributed by atoms with Crippen LogP contribution in [-0.2, 0) is 11.3 Å². The molecule has 1 aromatic carbocycles. The van der Waals surface area contributed by atoms with Gasteiger partial charge in [-0.05, 0) is 30.5 Å². The van der Waals surface area contributed by atoms with Gasteiger partial charge < -0.3 is 11.1 Å². The Labute approximate surface area is 140 Å². The van der Waals surface area contributed by atoms with E-state index in [9.17, 15) is 4.79 Å². The zero-order chi connectivity index (χ0) is 14.5. The summed E-state index contributed by atoms with van der Waals surface area (Å²) in [5.74, 6) is -0.000939. The van der Waals surface area contributed by atoms with E-state index in [1.165, 1.54) is 0 Å². The van der Waals surface area contributed by atoms with Crippen LogP contribution in [0.1, 0.15) is 32.3 Å². The summed E-state index contributed by atoms with van der Waals surface area (Å²) in [6, 6.07) is 5.62. The fraction of sp³-hybridized carbons (Fsp3) is 0.500. The lowest BCUT2D eigenvalue weighted by Gasteiger charge is -2.28. The average molecular weight is 384 g/mol. The van der Waals surface area contributed by atoms with Crippen LogP contribution < -0.4 is 11.1 Å². The van der Waals surface area contributed by atoms with Crippen LogP contribution in [0, 0.1) is 5.41 Å². The van der Waals surface area contributed by atoms with Crippen LogP contribution in [0.2, 0.25) is 5.02 Å². The molecule has 6 heteroatoms. The molecule has 3 N–H and O–H groups in total. The maximum absolute atomic E-state index is 12.3. The van der Waals surface area contributed by atoms with Crippen molar-refractivity contribution >= 4 is 45.8 Å². The van der Waals surface area contributed by atoms with Gasteiger partial charge in [-0.3, -0.25) is 4.79 Å². The molecule has 0 radical (unpaired) electrons. The topological polar surface area (TPSA) is 55.1 Å². The van der Waals surface area contributed by atoms with Crippen LogP contribution in [0.25, 0.3) is 0 Å². The van der Waals surface area contributed by atoms with E-state index in [0.29, 0.717) is 18.1 Å². The lowest BCUT2D eigenvalue weighted by molar-refractivity contribution is -0.131. The summed E-state index contributed by atoms with van der Waals surface area (Å²) < 4.78 is 0.922. The van der Waals surface area contributed by atoms with Crippen LogP contribution in [0.4, 0.5) is 0 Å². The highest BCUT2D eigenvalue weighted by atomic mass is 79.9. The van der Waals surface area contributed by atoms with Gasteiger partial charge in [-0.2, -0.15) is 0 Å². The van der Waals surface area contributed by atoms with Gasteiger partial charge in [-0.15, -0.1) is 12.4 Å². The monoisotopic (exact) mass is 382 g/mol. The Hall–Kier alpha value is -0.290. The molecule has 3 nitrogen and oxygen atoms in total. The number of halogens is 3. The van der Waals surface area contributed by atoms with Gasteiger partial charge in [-0.1, -0.05) is 47.4 Å². The van der Waals surface area contributed by atoms with Crippen molar-refractivity contribution in [2.45, 2.75) is 33.2 Å². The van der Waals surface area contributed by atoms with Crippen LogP contribution in [0.5, 0.6) is 0 Å². The van der Waals surface area contributed by atoms with Gasteiger partial charge in [0.2, 0.25) is 5.91 Å². The van der Waals surface area contributed by atoms with Gasteiger partial charge in [0, 0.05) is 22.6 Å². The van der Waals surface area contributed by atoms with E-state index in [2.05, 4.69) is 21.2 Å². The fourth-order valence-electron chi connectivity index (χ4n) is 1.98. The molecule has 0 aliphatic heterocycles. The van der Waals surface area contributed by atoms with Gasteiger partial charge >= 0.3 is 0 Å². The van der Waals surface area contributed by atoms with Gasteiger partial charge in [0.25, 0.3) is 0 Å². The number of benzene rings is 1. The van der Waals surface area contributed by atoms with Crippen molar-refractivity contribution in [2.24, 2.45) is 11.1 Å². The Morgan fingerprint density at radius 3 is 2.45 bits per heavy atom. The lowest BCUT2D eigenvalue weighted by Crippen LogP contribution is -2.45. The number of hydrogen-bond acceptors (Lipinski definition) is 2. The third-order valence-electron chi connectivity index (χ3n) is 3.68. The minimum absolute atomic E-state index is 0. The molecule has 0 heterocycles. The molecule has 0 fully saturated rings. The molecule has 0 aromatic heterocycles. The Kier molecular flexibility index (Phi) is 8.75. The van der Waals surface area contributed by atoms with E-state index >= 15 is 0 Å². The summed E-state index contributed by atoms with van der Waals surface area (Å²) in [5, 5.41) is 3.57. The fourth-order valence-corrected chi connectivity index (χ4v) is 2.72. The molecule has 1 rings (SSSR count). The molecule has 114 valence electrons. The van der Waals surface area contributed by atoms with Crippen LogP contribution >= 0.6 is 39.9 Å². The molecule has 1 aromatic rings. The second-order valence-corrected chi connectivity index (χ2v) is 5.93. The van der Waals surface area contributed by atoms with Crippen LogP contribution in [0.15, 0.2) is 22.7 Å². The highest BCUT2D eigenvalue weighted by Crippen LogP contribution is 2.26. The first kappa shape index (κ1) is 19.7. The number of hydrogen-bond donors (Lipinski definition) is 2. The highest BCUT2D eigenvalue weighted by Gasteiger charge is 2.32. The molecule has 0 aliphatic carbocycles. The quantitative estimate of drug-likeness (QED) is 0.782. The minimum atomic E-state index is -0.470. The van der Waals surface area contributed by atoms with Crippen molar-refractivity contribution in [1.82, 2.24) is 5.32 Å². The predicted molar refractivity (Wildman–Crippen MR) is 90.3 cm³/mol. The lowest BCUT2D eigenvalue weighted by atomic mass is 9.81. The SMILES string of the molecule is CCC(CC)(CN)C(=O)NCc1ccc(Br)cc1Cl.Cl. The predicted octanol–water partition coefficient (Wildman–Crippen LogP) is 3.91. The standard InChI is InChI=1S/C14H20BrClN2O.ClH/c1-3-14(4-2,9-17)13(19)18-8-10-5-6-11(15)7-12(10)16;/h5-7H,3-4,8-9,17H2,1-2H3,(H,18,19);1H. The van der Waals surface area contributed by atoms with Gasteiger partial charge in [-0.25, -0.2) is 0 Å². The number of carbonyl (C=O) groups excluding carboxylic acids is 1. The third-order valence-corrected chi connectivity index (χ3v) is 4.53. The molecule has 0 atom stereocenters. The Bertz CT molecular complexity index is 443. The minimum Gasteiger partial charge on any atom is -0.351 e. The average Bonchev–Trinajstić information content (AvgIpc) is 2.40. The molecule has 0 spiro atoms. The molecular weight excluding hydrogens is 363 g/mol. The summed E-state index contributed by atoms with van der Waals surface area (Å²) in [6.07, 6.45) is 1.47. The van der Waals surface area contributed by atoms with Crippen LogP contribution in [0.3, 0.4) is 0 Å². The first-order valence-electron chi connectivity index (χ1n) is 6.41. The summed E-state index contributed by atoms with van der Waals surface area (Å²) in [4.78, 5) is 12.3. The second-order valence-electron chi connectivity index (χ2n) is 4.61. The summed E-state index contributed by atoms with van der Waals surface area (Å²) >= 11 is 9.48. The number of amides is 1. The molecule has 0 aliphatic rings. The first-order valence-corrected chi connectivity index (χ1v) is 7.58. The number of rotatable bonds is 6. The Balaban J connectivity index is 0.00000361. The van der Waals surface area contributed by atoms with E-state index in [-0.39, 0.29) is 18.3 Å². The Morgan fingerprint density at radius 1 is 1.40 bits per heavy atom. The second kappa shape index (κ2) is 8.88. The van der Waals surface area contributed by atoms with Crippen molar-refractivity contribution in [3.63, 3.8) is 0 Å². The van der Waals surface area contributed by atoms with Crippen molar-refractivity contribution in [1.29, 1.82) is 0 Å². The zero-order valence-electron chi connectivity index (χ0n) is 11.7. The summed E-state index contributed by atoms with van der Waals surface area (Å²) in [5.41, 5.74) is 6.18. The number of nitrogens with one attached hydrogen (secondary N) is 1. The van der Waals surface area contributed by atoms with Crippen molar-refractivity contribution < 1.29 is 4.79 Å². The van der Waals surface area contributed by atoms with E-state index in [1.807, 2.05) is 32.0 Å². The molecule has 0 saturated carbocycles. The van der Waals surface area contributed by atoms with Crippen molar-refractivity contribution in [3.8, 4) is 0 Å². The summed E-state index contributed by atoms with van der Waals surface area (Å²) in [6.45, 7) is 4.76. The van der Waals surface area contributed by atoms with E-state index in [4.69, 9.17) is 17.3 Å². The Morgan fingerprint density at radius 2 is 2.00 bits per heavy atom. The number of carbonyl (C=O) groups is 1. The van der Waals surface area contributed by atoms with E-state index in [0.717, 1.165) is 22.9 Å². The van der Waals surface area contributed by atoms with Gasteiger partial charge in [0.15, 0.2) is 0 Å².